The molecule has 31 heavy (non-hydrogen) atoms. The molecular formula is C21H29N7O2S. The molecule has 9 nitrogen and oxygen atoms in total. The lowest BCUT2D eigenvalue weighted by molar-refractivity contribution is 0.0985. The molecule has 0 amide bonds. The van der Waals surface area contributed by atoms with Gasteiger partial charge in [-0.15, -0.1) is 0 Å². The highest BCUT2D eigenvalue weighted by Crippen LogP contribution is 2.33. The normalized spacial score (nSPS) is 19.4. The fourth-order valence-corrected chi connectivity index (χ4v) is 4.14. The second kappa shape index (κ2) is 7.76. The van der Waals surface area contributed by atoms with Gasteiger partial charge in [0.15, 0.2) is 0 Å². The molecule has 0 saturated carbocycles. The minimum Gasteiger partial charge on any atom is -0.377 e. The van der Waals surface area contributed by atoms with Crippen molar-refractivity contribution in [2.24, 2.45) is 0 Å². The Hall–Kier alpha value is -2.72. The number of fused-ring (bicyclic) bond motifs is 1. The Morgan fingerprint density at radius 2 is 2.00 bits per heavy atom. The van der Waals surface area contributed by atoms with Crippen LogP contribution in [-0.4, -0.2) is 62.8 Å². The van der Waals surface area contributed by atoms with Gasteiger partial charge in [-0.3, -0.25) is 4.78 Å². The van der Waals surface area contributed by atoms with E-state index in [0.717, 1.165) is 16.9 Å². The molecule has 0 spiro atoms. The lowest BCUT2D eigenvalue weighted by atomic mass is 10.1. The van der Waals surface area contributed by atoms with Crippen molar-refractivity contribution >= 4 is 32.5 Å². The van der Waals surface area contributed by atoms with Crippen molar-refractivity contribution in [3.63, 3.8) is 0 Å². The van der Waals surface area contributed by atoms with Crippen LogP contribution in [0.1, 0.15) is 26.5 Å². The summed E-state index contributed by atoms with van der Waals surface area (Å²) in [5.74, 6) is 1.77. The average Bonchev–Trinajstić information content (AvgIpc) is 3.11. The van der Waals surface area contributed by atoms with Crippen molar-refractivity contribution in [2.75, 3.05) is 43.3 Å². The molecule has 3 aromatic rings. The van der Waals surface area contributed by atoms with Gasteiger partial charge in [0.1, 0.15) is 5.82 Å². The Kier molecular flexibility index (Phi) is 5.38. The first kappa shape index (κ1) is 21.5. The van der Waals surface area contributed by atoms with Crippen LogP contribution in [0.4, 0.5) is 11.8 Å². The smallest absolute Gasteiger partial charge is 0.239 e. The van der Waals surface area contributed by atoms with E-state index < -0.39 is 14.5 Å². The molecule has 0 aliphatic carbocycles. The zero-order chi connectivity index (χ0) is 22.4. The van der Waals surface area contributed by atoms with Crippen LogP contribution < -0.4 is 10.2 Å². The molecule has 2 N–H and O–H groups in total. The van der Waals surface area contributed by atoms with Crippen LogP contribution in [0, 0.1) is 4.78 Å². The molecule has 4 rings (SSSR count). The van der Waals surface area contributed by atoms with Crippen LogP contribution in [0.2, 0.25) is 0 Å². The number of hydrogen-bond acceptors (Lipinski definition) is 8. The van der Waals surface area contributed by atoms with Gasteiger partial charge in [0.05, 0.1) is 50.5 Å². The van der Waals surface area contributed by atoms with Gasteiger partial charge in [0.25, 0.3) is 0 Å². The van der Waals surface area contributed by atoms with E-state index in [-0.39, 0.29) is 6.04 Å². The van der Waals surface area contributed by atoms with Crippen LogP contribution in [0.25, 0.3) is 17.0 Å². The molecule has 1 saturated heterocycles. The van der Waals surface area contributed by atoms with E-state index in [1.807, 2.05) is 34.9 Å². The quantitative estimate of drug-likeness (QED) is 0.624. The predicted octanol–water partition coefficient (Wildman–Crippen LogP) is 2.99. The highest BCUT2D eigenvalue weighted by Gasteiger charge is 2.34. The summed E-state index contributed by atoms with van der Waals surface area (Å²) in [6.07, 6.45) is 1.46. The number of para-hydroxylation sites is 2. The molecule has 2 aromatic heterocycles. The maximum absolute atomic E-state index is 12.8. The molecule has 1 unspecified atom stereocenters. The number of ether oxygens (including phenoxy) is 1. The van der Waals surface area contributed by atoms with Crippen molar-refractivity contribution < 1.29 is 8.95 Å². The number of aromatic nitrogens is 4. The van der Waals surface area contributed by atoms with E-state index >= 15 is 0 Å². The third kappa shape index (κ3) is 3.74. The molecule has 1 aliphatic heterocycles. The highest BCUT2D eigenvalue weighted by atomic mass is 32.2. The molecular weight excluding hydrogens is 414 g/mol. The van der Waals surface area contributed by atoms with Crippen LogP contribution in [0.5, 0.6) is 0 Å². The average molecular weight is 444 g/mol. The van der Waals surface area contributed by atoms with Gasteiger partial charge >= 0.3 is 0 Å². The fraction of sp³-hybridized carbons (Fsp3) is 0.476. The van der Waals surface area contributed by atoms with Crippen LogP contribution in [0.15, 0.2) is 30.3 Å². The summed E-state index contributed by atoms with van der Waals surface area (Å²) >= 11 is 0. The summed E-state index contributed by atoms with van der Waals surface area (Å²) in [5, 5.41) is 3.12. The molecule has 0 bridgehead atoms. The van der Waals surface area contributed by atoms with Crippen LogP contribution in [-0.2, 0) is 19.2 Å². The Balaban J connectivity index is 1.99. The first-order valence-electron chi connectivity index (χ1n) is 10.3. The first-order valence-corrected chi connectivity index (χ1v) is 12.2. The van der Waals surface area contributed by atoms with Gasteiger partial charge in [0, 0.05) is 25.9 Å². The zero-order valence-electron chi connectivity index (χ0n) is 18.5. The number of morpholine rings is 1. The van der Waals surface area contributed by atoms with E-state index in [1.165, 1.54) is 6.26 Å². The lowest BCUT2D eigenvalue weighted by Gasteiger charge is -2.35. The van der Waals surface area contributed by atoms with Crippen molar-refractivity contribution in [1.82, 2.24) is 19.5 Å². The van der Waals surface area contributed by atoms with E-state index in [4.69, 9.17) is 19.5 Å². The maximum Gasteiger partial charge on any atom is 0.239 e. The highest BCUT2D eigenvalue weighted by molar-refractivity contribution is 7.92. The lowest BCUT2D eigenvalue weighted by Crippen LogP contribution is -2.44. The zero-order valence-corrected chi connectivity index (χ0v) is 19.4. The van der Waals surface area contributed by atoms with Crippen LogP contribution >= 0.6 is 0 Å². The van der Waals surface area contributed by atoms with Gasteiger partial charge in [-0.25, -0.2) is 18.7 Å². The number of imidazole rings is 1. The van der Waals surface area contributed by atoms with Gasteiger partial charge in [-0.2, -0.15) is 4.98 Å². The predicted molar refractivity (Wildman–Crippen MR) is 124 cm³/mol. The second-order valence-corrected chi connectivity index (χ2v) is 11.1. The first-order chi connectivity index (χ1) is 14.6. The Labute approximate surface area is 182 Å². The van der Waals surface area contributed by atoms with Gasteiger partial charge in [-0.1, -0.05) is 12.1 Å². The monoisotopic (exact) mass is 443 g/mol. The van der Waals surface area contributed by atoms with Crippen LogP contribution in [0.3, 0.4) is 0 Å². The molecule has 166 valence electrons. The van der Waals surface area contributed by atoms with Gasteiger partial charge < -0.3 is 15.0 Å². The standard InChI is InChI=1S/C21H29N7O2S/c1-14-13-30-11-10-27(14)18-12-17(21(2,3)31(5,22)29)25-20(26-18)28-16-9-7-6-8-15(16)24-19(28)23-4/h6-9,12,14,22H,10-11,13H2,1-5H3,(H,23,24)/t14-,31?/m1/s1. The molecule has 3 heterocycles. The van der Waals surface area contributed by atoms with Gasteiger partial charge in [-0.05, 0) is 32.9 Å². The maximum atomic E-state index is 12.8. The minimum atomic E-state index is -2.93. The molecule has 2 atom stereocenters. The number of nitrogens with one attached hydrogen (secondary N) is 2. The minimum absolute atomic E-state index is 0.137. The van der Waals surface area contributed by atoms with E-state index in [2.05, 4.69) is 22.1 Å². The summed E-state index contributed by atoms with van der Waals surface area (Å²) in [6, 6.07) is 9.79. The summed E-state index contributed by atoms with van der Waals surface area (Å²) in [6.45, 7) is 7.60. The Morgan fingerprint density at radius 1 is 1.26 bits per heavy atom. The van der Waals surface area contributed by atoms with E-state index in [0.29, 0.717) is 37.3 Å². The third-order valence-electron chi connectivity index (χ3n) is 5.94. The summed E-state index contributed by atoms with van der Waals surface area (Å²) in [4.78, 5) is 16.5. The molecule has 0 radical (unpaired) electrons. The van der Waals surface area contributed by atoms with Crippen molar-refractivity contribution in [3.8, 4) is 5.95 Å². The van der Waals surface area contributed by atoms with Crippen molar-refractivity contribution in [2.45, 2.75) is 31.6 Å². The molecule has 1 fully saturated rings. The number of benzene rings is 1. The summed E-state index contributed by atoms with van der Waals surface area (Å²) < 4.78 is 27.6. The van der Waals surface area contributed by atoms with Crippen molar-refractivity contribution in [3.05, 3.63) is 36.0 Å². The van der Waals surface area contributed by atoms with Gasteiger partial charge in [0.2, 0.25) is 11.9 Å². The summed E-state index contributed by atoms with van der Waals surface area (Å²) in [5.41, 5.74) is 2.25. The largest absolute Gasteiger partial charge is 0.377 e. The van der Waals surface area contributed by atoms with E-state index in [9.17, 15) is 4.21 Å². The third-order valence-corrected chi connectivity index (χ3v) is 8.09. The number of rotatable bonds is 5. The molecule has 1 aromatic carbocycles. The summed E-state index contributed by atoms with van der Waals surface area (Å²) in [7, 11) is -1.13. The topological polar surface area (TPSA) is 109 Å². The molecule has 1 aliphatic rings. The van der Waals surface area contributed by atoms with E-state index in [1.54, 1.807) is 20.9 Å². The number of anilines is 2. The fourth-order valence-electron chi connectivity index (χ4n) is 3.64. The Morgan fingerprint density at radius 3 is 2.68 bits per heavy atom. The molecule has 10 heteroatoms. The van der Waals surface area contributed by atoms with Crippen molar-refractivity contribution in [1.29, 1.82) is 4.78 Å². The number of hydrogen-bond donors (Lipinski definition) is 2. The number of nitrogens with zero attached hydrogens (tertiary/aromatic N) is 5. The SMILES string of the molecule is CNc1nc2ccccc2n1-c1nc(N2CCOC[C@H]2C)cc(C(C)(C)S(C)(=N)=O)n1. The second-order valence-electron chi connectivity index (χ2n) is 8.39. The Bertz CT molecular complexity index is 1220.